The number of amides is 1. The molecule has 1 saturated carbocycles. The lowest BCUT2D eigenvalue weighted by molar-refractivity contribution is -0.126. The molecule has 0 unspecified atom stereocenters. The molecule has 0 saturated heterocycles. The average Bonchev–Trinajstić information content (AvgIpc) is 3.18. The molecule has 1 fully saturated rings. The van der Waals surface area contributed by atoms with Crippen molar-refractivity contribution in [1.82, 2.24) is 15.3 Å². The highest BCUT2D eigenvalue weighted by atomic mass is 16.1. The second kappa shape index (κ2) is 9.58. The summed E-state index contributed by atoms with van der Waals surface area (Å²) in [5, 5.41) is 3.31. The number of nitrogens with zero attached hydrogens (tertiary/aromatic N) is 1. The van der Waals surface area contributed by atoms with E-state index in [1.165, 1.54) is 36.8 Å². The minimum absolute atomic E-state index is 0.240. The van der Waals surface area contributed by atoms with Gasteiger partial charge < -0.3 is 10.3 Å². The summed E-state index contributed by atoms with van der Waals surface area (Å²) in [7, 11) is 0. The number of hydrogen-bond acceptors (Lipinski definition) is 2. The lowest BCUT2D eigenvalue weighted by Gasteiger charge is -2.37. The lowest BCUT2D eigenvalue weighted by Crippen LogP contribution is -2.39. The van der Waals surface area contributed by atoms with Gasteiger partial charge in [0.25, 0.3) is 0 Å². The maximum atomic E-state index is 12.7. The normalized spacial score (nSPS) is 25.1. The largest absolute Gasteiger partial charge is 0.355 e. The fourth-order valence-corrected chi connectivity index (χ4v) is 5.79. The van der Waals surface area contributed by atoms with Crippen LogP contribution in [0.4, 0.5) is 0 Å². The van der Waals surface area contributed by atoms with E-state index in [1.807, 2.05) is 0 Å². The number of fused-ring (bicyclic) bond motifs is 1. The molecule has 31 heavy (non-hydrogen) atoms. The summed E-state index contributed by atoms with van der Waals surface area (Å²) in [6, 6.07) is 6.33. The van der Waals surface area contributed by atoms with Crippen LogP contribution in [-0.4, -0.2) is 22.4 Å². The van der Waals surface area contributed by atoms with E-state index in [9.17, 15) is 4.79 Å². The number of hydrogen-bond donors (Lipinski definition) is 2. The van der Waals surface area contributed by atoms with E-state index in [4.69, 9.17) is 4.98 Å². The van der Waals surface area contributed by atoms with Crippen molar-refractivity contribution < 1.29 is 4.79 Å². The molecular formula is C27H39N3O. The van der Waals surface area contributed by atoms with E-state index in [2.05, 4.69) is 62.3 Å². The van der Waals surface area contributed by atoms with Crippen LogP contribution in [0.2, 0.25) is 0 Å². The molecule has 2 aromatic rings. The van der Waals surface area contributed by atoms with Gasteiger partial charge in [-0.1, -0.05) is 56.9 Å². The highest BCUT2D eigenvalue weighted by Crippen LogP contribution is 2.39. The van der Waals surface area contributed by atoms with E-state index < -0.39 is 0 Å². The number of aromatic nitrogens is 2. The third kappa shape index (κ3) is 5.05. The second-order valence-electron chi connectivity index (χ2n) is 10.4. The summed E-state index contributed by atoms with van der Waals surface area (Å²) in [5.74, 6) is 3.75. The quantitative estimate of drug-likeness (QED) is 0.565. The van der Waals surface area contributed by atoms with E-state index in [-0.39, 0.29) is 11.8 Å². The first-order valence-electron chi connectivity index (χ1n) is 12.3. The van der Waals surface area contributed by atoms with Gasteiger partial charge in [-0.2, -0.15) is 0 Å². The van der Waals surface area contributed by atoms with E-state index in [0.717, 1.165) is 42.7 Å². The molecule has 0 radical (unpaired) electrons. The van der Waals surface area contributed by atoms with E-state index in [1.54, 1.807) is 0 Å². The highest BCUT2D eigenvalue weighted by molar-refractivity contribution is 5.79. The molecule has 3 atom stereocenters. The maximum absolute atomic E-state index is 12.7. The number of allylic oxidation sites excluding steroid dienone is 1. The molecule has 1 amide bonds. The number of rotatable bonds is 6. The summed E-state index contributed by atoms with van der Waals surface area (Å²) < 4.78 is 0. The van der Waals surface area contributed by atoms with Gasteiger partial charge >= 0.3 is 0 Å². The van der Waals surface area contributed by atoms with Crippen LogP contribution >= 0.6 is 0 Å². The number of benzene rings is 1. The number of imidazole rings is 1. The number of nitrogens with one attached hydrogen (secondary N) is 2. The van der Waals surface area contributed by atoms with Gasteiger partial charge in [0.05, 0.1) is 11.0 Å². The molecule has 2 aliphatic rings. The molecule has 1 aromatic carbocycles. The lowest BCUT2D eigenvalue weighted by atomic mass is 9.69. The van der Waals surface area contributed by atoms with Crippen molar-refractivity contribution in [2.75, 3.05) is 6.54 Å². The Morgan fingerprint density at radius 1 is 1.19 bits per heavy atom. The molecule has 4 heteroatoms. The molecular weight excluding hydrogens is 382 g/mol. The van der Waals surface area contributed by atoms with Crippen LogP contribution in [0, 0.1) is 36.5 Å². The number of aromatic amines is 1. The third-order valence-electron chi connectivity index (χ3n) is 7.78. The summed E-state index contributed by atoms with van der Waals surface area (Å²) in [5.41, 5.74) is 4.91. The van der Waals surface area contributed by atoms with Crippen molar-refractivity contribution in [2.24, 2.45) is 29.6 Å². The van der Waals surface area contributed by atoms with Gasteiger partial charge in [-0.3, -0.25) is 4.79 Å². The smallest absolute Gasteiger partial charge is 0.223 e. The van der Waals surface area contributed by atoms with E-state index >= 15 is 0 Å². The van der Waals surface area contributed by atoms with Gasteiger partial charge in [0.15, 0.2) is 0 Å². The predicted molar refractivity (Wildman–Crippen MR) is 128 cm³/mol. The molecule has 1 aromatic heterocycles. The van der Waals surface area contributed by atoms with Gasteiger partial charge in [0.1, 0.15) is 5.82 Å². The minimum atomic E-state index is 0.240. The molecule has 4 rings (SSSR count). The first kappa shape index (κ1) is 22.1. The van der Waals surface area contributed by atoms with Crippen LogP contribution < -0.4 is 5.32 Å². The number of H-pyrrole nitrogens is 1. The van der Waals surface area contributed by atoms with Crippen molar-refractivity contribution in [3.8, 4) is 0 Å². The average molecular weight is 422 g/mol. The molecule has 4 nitrogen and oxygen atoms in total. The Bertz CT molecular complexity index is 935. The fraction of sp³-hybridized carbons (Fsp3) is 0.630. The molecule has 168 valence electrons. The summed E-state index contributed by atoms with van der Waals surface area (Å²) in [4.78, 5) is 21.1. The van der Waals surface area contributed by atoms with Gasteiger partial charge in [-0.05, 0) is 68.4 Å². The number of carbonyl (C=O) groups excluding carboxylic acids is 1. The standard InChI is InChI=1S/C27H39N3O/c1-17(2)23-14-21(15-25-29-24-12-8-9-18(3)26(24)30-25)19(4)13-22(23)16-28-27(31)20-10-6-5-7-11-20/h8-9,12-13,17,20-23H,5-7,10-11,14-16H2,1-4H3,(H,28,31)(H,29,30)/t21-,22-,23-/m0/s1. The molecule has 0 spiro atoms. The zero-order valence-corrected chi connectivity index (χ0v) is 19.7. The summed E-state index contributed by atoms with van der Waals surface area (Å²) in [6.07, 6.45) is 10.4. The zero-order chi connectivity index (χ0) is 22.0. The van der Waals surface area contributed by atoms with Gasteiger partial charge in [0.2, 0.25) is 5.91 Å². The molecule has 2 aliphatic carbocycles. The van der Waals surface area contributed by atoms with Crippen LogP contribution in [0.5, 0.6) is 0 Å². The molecule has 1 heterocycles. The van der Waals surface area contributed by atoms with Crippen molar-refractivity contribution in [3.63, 3.8) is 0 Å². The van der Waals surface area contributed by atoms with Crippen molar-refractivity contribution in [3.05, 3.63) is 41.2 Å². The van der Waals surface area contributed by atoms with Crippen LogP contribution in [0.1, 0.15) is 70.7 Å². The number of para-hydroxylation sites is 1. The predicted octanol–water partition coefficient (Wildman–Crippen LogP) is 5.96. The number of carbonyl (C=O) groups is 1. The van der Waals surface area contributed by atoms with Gasteiger partial charge in [0, 0.05) is 18.9 Å². The Hall–Kier alpha value is -2.10. The summed E-state index contributed by atoms with van der Waals surface area (Å²) in [6.45, 7) is 9.84. The number of aryl methyl sites for hydroxylation is 1. The van der Waals surface area contributed by atoms with Gasteiger partial charge in [-0.15, -0.1) is 0 Å². The fourth-order valence-electron chi connectivity index (χ4n) is 5.79. The van der Waals surface area contributed by atoms with Crippen LogP contribution in [0.3, 0.4) is 0 Å². The highest BCUT2D eigenvalue weighted by Gasteiger charge is 2.33. The monoisotopic (exact) mass is 421 g/mol. The first-order valence-corrected chi connectivity index (χ1v) is 12.3. The minimum Gasteiger partial charge on any atom is -0.355 e. The maximum Gasteiger partial charge on any atom is 0.223 e. The Morgan fingerprint density at radius 2 is 1.97 bits per heavy atom. The van der Waals surface area contributed by atoms with Crippen LogP contribution in [0.15, 0.2) is 29.8 Å². The molecule has 0 bridgehead atoms. The summed E-state index contributed by atoms with van der Waals surface area (Å²) >= 11 is 0. The molecule has 2 N–H and O–H groups in total. The van der Waals surface area contributed by atoms with Crippen LogP contribution in [0.25, 0.3) is 11.0 Å². The Balaban J connectivity index is 1.44. The Morgan fingerprint density at radius 3 is 2.68 bits per heavy atom. The van der Waals surface area contributed by atoms with Crippen molar-refractivity contribution >= 4 is 16.9 Å². The third-order valence-corrected chi connectivity index (χ3v) is 7.78. The van der Waals surface area contributed by atoms with Gasteiger partial charge in [-0.25, -0.2) is 4.98 Å². The first-order chi connectivity index (χ1) is 14.9. The Kier molecular flexibility index (Phi) is 6.83. The van der Waals surface area contributed by atoms with E-state index in [0.29, 0.717) is 23.7 Å². The van der Waals surface area contributed by atoms with Crippen molar-refractivity contribution in [2.45, 2.75) is 72.6 Å². The van der Waals surface area contributed by atoms with Crippen molar-refractivity contribution in [1.29, 1.82) is 0 Å². The topological polar surface area (TPSA) is 57.8 Å². The Labute approximate surface area is 187 Å². The van der Waals surface area contributed by atoms with Crippen LogP contribution in [-0.2, 0) is 11.2 Å². The second-order valence-corrected chi connectivity index (χ2v) is 10.4. The molecule has 0 aliphatic heterocycles. The zero-order valence-electron chi connectivity index (χ0n) is 19.7. The SMILES string of the molecule is CC1=C[C@@H](CNC(=O)C2CCCCC2)[C@H](C(C)C)C[C@H]1Cc1nc2c(C)cccc2[nH]1.